The first-order valence-corrected chi connectivity index (χ1v) is 11.0. The van der Waals surface area contributed by atoms with Crippen molar-refractivity contribution in [1.82, 2.24) is 0 Å². The molecule has 1 fully saturated rings. The van der Waals surface area contributed by atoms with Crippen molar-refractivity contribution in [3.63, 3.8) is 0 Å². The average molecular weight is 462 g/mol. The van der Waals surface area contributed by atoms with Crippen LogP contribution in [0.1, 0.15) is 22.8 Å². The summed E-state index contributed by atoms with van der Waals surface area (Å²) in [5, 5.41) is 0. The second-order valence-corrected chi connectivity index (χ2v) is 8.65. The van der Waals surface area contributed by atoms with Crippen molar-refractivity contribution in [2.75, 3.05) is 12.0 Å². The van der Waals surface area contributed by atoms with Crippen molar-refractivity contribution in [3.05, 3.63) is 88.8 Å². The van der Waals surface area contributed by atoms with E-state index in [1.165, 1.54) is 23.6 Å². The van der Waals surface area contributed by atoms with E-state index >= 15 is 0 Å². The van der Waals surface area contributed by atoms with E-state index in [-0.39, 0.29) is 11.7 Å². The van der Waals surface area contributed by atoms with Crippen molar-refractivity contribution in [2.24, 2.45) is 0 Å². The van der Waals surface area contributed by atoms with Gasteiger partial charge in [-0.15, -0.1) is 0 Å². The van der Waals surface area contributed by atoms with Gasteiger partial charge in [-0.3, -0.25) is 14.5 Å². The molecule has 1 aliphatic heterocycles. The van der Waals surface area contributed by atoms with Crippen molar-refractivity contribution in [3.8, 4) is 17.2 Å². The number of ether oxygens (including phenoxy) is 2. The van der Waals surface area contributed by atoms with Crippen molar-refractivity contribution in [2.45, 2.75) is 6.92 Å². The van der Waals surface area contributed by atoms with Gasteiger partial charge in [0.05, 0.1) is 17.7 Å². The van der Waals surface area contributed by atoms with E-state index in [0.29, 0.717) is 37.7 Å². The predicted molar refractivity (Wildman–Crippen MR) is 132 cm³/mol. The molecule has 3 aromatic carbocycles. The Morgan fingerprint density at radius 3 is 2.25 bits per heavy atom. The van der Waals surface area contributed by atoms with E-state index in [9.17, 15) is 9.59 Å². The normalized spacial score (nSPS) is 14.7. The molecule has 3 aromatic rings. The topological polar surface area (TPSA) is 55.8 Å². The Bertz CT molecular complexity index is 1220. The molecule has 1 heterocycles. The van der Waals surface area contributed by atoms with Crippen LogP contribution in [0.3, 0.4) is 0 Å². The minimum atomic E-state index is -0.167. The number of nitrogens with zero attached hydrogens (tertiary/aromatic N) is 1. The van der Waals surface area contributed by atoms with Crippen LogP contribution in [-0.4, -0.2) is 23.1 Å². The highest BCUT2D eigenvalue weighted by Crippen LogP contribution is 2.37. The molecular weight excluding hydrogens is 442 g/mol. The van der Waals surface area contributed by atoms with Gasteiger partial charge in [0.2, 0.25) is 0 Å². The number of ketones is 1. The fourth-order valence-corrected chi connectivity index (χ4v) is 4.42. The number of carbonyl (C=O) groups is 2. The molecule has 0 bridgehead atoms. The molecule has 160 valence electrons. The number of carbonyl (C=O) groups excluding carboxylic acids is 2. The first kappa shape index (κ1) is 21.8. The third-order valence-corrected chi connectivity index (χ3v) is 6.08. The molecule has 0 radical (unpaired) electrons. The number of amides is 1. The van der Waals surface area contributed by atoms with Gasteiger partial charge in [-0.1, -0.05) is 42.2 Å². The van der Waals surface area contributed by atoms with Crippen LogP contribution in [0.2, 0.25) is 0 Å². The van der Waals surface area contributed by atoms with Crippen molar-refractivity contribution < 1.29 is 19.1 Å². The van der Waals surface area contributed by atoms with Crippen molar-refractivity contribution in [1.29, 1.82) is 0 Å². The van der Waals surface area contributed by atoms with E-state index in [4.69, 9.17) is 21.7 Å². The van der Waals surface area contributed by atoms with Crippen LogP contribution < -0.4 is 14.4 Å². The van der Waals surface area contributed by atoms with Crippen LogP contribution >= 0.6 is 24.0 Å². The van der Waals surface area contributed by atoms with E-state index in [1.54, 1.807) is 37.4 Å². The predicted octanol–water partition coefficient (Wildman–Crippen LogP) is 6.10. The Hall–Kier alpha value is -3.42. The molecule has 0 saturated carbocycles. The maximum absolute atomic E-state index is 13.0. The number of methoxy groups -OCH3 is 1. The molecule has 0 aliphatic carbocycles. The average Bonchev–Trinajstić information content (AvgIpc) is 3.08. The first-order chi connectivity index (χ1) is 15.4. The van der Waals surface area contributed by atoms with Crippen LogP contribution in [0.25, 0.3) is 6.08 Å². The number of thioether (sulfide) groups is 1. The summed E-state index contributed by atoms with van der Waals surface area (Å²) in [6.07, 6.45) is 1.81. The highest BCUT2D eigenvalue weighted by Gasteiger charge is 2.33. The fourth-order valence-electron chi connectivity index (χ4n) is 3.12. The Kier molecular flexibility index (Phi) is 6.39. The van der Waals surface area contributed by atoms with Gasteiger partial charge >= 0.3 is 0 Å². The van der Waals surface area contributed by atoms with E-state index in [1.807, 2.05) is 48.5 Å². The van der Waals surface area contributed by atoms with Crippen LogP contribution in [0.15, 0.2) is 77.7 Å². The summed E-state index contributed by atoms with van der Waals surface area (Å²) in [5.41, 5.74) is 2.17. The first-order valence-electron chi connectivity index (χ1n) is 9.75. The molecule has 32 heavy (non-hydrogen) atoms. The summed E-state index contributed by atoms with van der Waals surface area (Å²) in [5.74, 6) is 1.80. The minimum Gasteiger partial charge on any atom is -0.497 e. The number of benzene rings is 3. The van der Waals surface area contributed by atoms with Gasteiger partial charge in [0, 0.05) is 11.6 Å². The molecule has 1 aliphatic rings. The van der Waals surface area contributed by atoms with Gasteiger partial charge in [0.25, 0.3) is 5.91 Å². The number of thiocarbonyl (C=S) groups is 1. The summed E-state index contributed by atoms with van der Waals surface area (Å²) in [4.78, 5) is 26.4. The molecule has 7 heteroatoms. The molecule has 1 amide bonds. The summed E-state index contributed by atoms with van der Waals surface area (Å²) in [6.45, 7) is 1.53. The Morgan fingerprint density at radius 1 is 0.969 bits per heavy atom. The van der Waals surface area contributed by atoms with Gasteiger partial charge in [0.1, 0.15) is 17.2 Å². The highest BCUT2D eigenvalue weighted by molar-refractivity contribution is 8.27. The summed E-state index contributed by atoms with van der Waals surface area (Å²) in [7, 11) is 1.58. The van der Waals surface area contributed by atoms with E-state index < -0.39 is 0 Å². The van der Waals surface area contributed by atoms with Crippen molar-refractivity contribution >= 4 is 51.8 Å². The zero-order chi connectivity index (χ0) is 22.7. The lowest BCUT2D eigenvalue weighted by Crippen LogP contribution is -2.27. The van der Waals surface area contributed by atoms with Gasteiger partial charge < -0.3 is 9.47 Å². The number of Topliss-reactive ketones (excluding diaryl/α,β-unsaturated/α-hetero) is 1. The number of hydrogen-bond donors (Lipinski definition) is 0. The number of anilines is 1. The molecule has 0 unspecified atom stereocenters. The second-order valence-electron chi connectivity index (χ2n) is 6.97. The minimum absolute atomic E-state index is 0.0118. The lowest BCUT2D eigenvalue weighted by atomic mass is 10.1. The quantitative estimate of drug-likeness (QED) is 0.251. The zero-order valence-electron chi connectivity index (χ0n) is 17.4. The molecule has 0 spiro atoms. The lowest BCUT2D eigenvalue weighted by molar-refractivity contribution is -0.113. The number of hydrogen-bond acceptors (Lipinski definition) is 6. The SMILES string of the molecule is COc1cccc(N2C(=O)/C(=C/c3ccc(Oc4ccc(C(C)=O)cc4)cc3)SC2=S)c1. The van der Waals surface area contributed by atoms with Crippen LogP contribution in [0.4, 0.5) is 5.69 Å². The molecule has 0 N–H and O–H groups in total. The molecule has 5 nitrogen and oxygen atoms in total. The Morgan fingerprint density at radius 2 is 1.62 bits per heavy atom. The fraction of sp³-hybridized carbons (Fsp3) is 0.0800. The monoisotopic (exact) mass is 461 g/mol. The molecule has 0 aromatic heterocycles. The van der Waals surface area contributed by atoms with E-state index in [2.05, 4.69) is 0 Å². The molecular formula is C25H19NO4S2. The van der Waals surface area contributed by atoms with Gasteiger partial charge in [0.15, 0.2) is 10.1 Å². The molecule has 0 atom stereocenters. The highest BCUT2D eigenvalue weighted by atomic mass is 32.2. The Labute approximate surface area is 195 Å². The maximum atomic E-state index is 13.0. The van der Waals surface area contributed by atoms with Crippen LogP contribution in [0.5, 0.6) is 17.2 Å². The summed E-state index contributed by atoms with van der Waals surface area (Å²) >= 11 is 6.70. The second kappa shape index (κ2) is 9.38. The van der Waals surface area contributed by atoms with Crippen LogP contribution in [0, 0.1) is 0 Å². The standard InChI is InChI=1S/C25H19NO4S2/c1-16(27)18-8-12-21(13-9-18)30-20-10-6-17(7-11-20)14-23-24(28)26(25(31)32-23)19-4-3-5-22(15-19)29-2/h3-15H,1-2H3/b23-14-. The largest absolute Gasteiger partial charge is 0.497 e. The third kappa shape index (κ3) is 4.74. The third-order valence-electron chi connectivity index (χ3n) is 4.78. The zero-order valence-corrected chi connectivity index (χ0v) is 19.0. The summed E-state index contributed by atoms with van der Waals surface area (Å²) in [6, 6.07) is 21.6. The van der Waals surface area contributed by atoms with Gasteiger partial charge in [-0.2, -0.15) is 0 Å². The van der Waals surface area contributed by atoms with E-state index in [0.717, 1.165) is 5.56 Å². The lowest BCUT2D eigenvalue weighted by Gasteiger charge is -2.15. The molecule has 1 saturated heterocycles. The number of rotatable bonds is 6. The summed E-state index contributed by atoms with van der Waals surface area (Å²) < 4.78 is 11.6. The van der Waals surface area contributed by atoms with Crippen LogP contribution in [-0.2, 0) is 4.79 Å². The molecule has 4 rings (SSSR count). The van der Waals surface area contributed by atoms with Gasteiger partial charge in [-0.05, 0) is 67.1 Å². The Balaban J connectivity index is 1.48. The smallest absolute Gasteiger partial charge is 0.270 e. The van der Waals surface area contributed by atoms with Gasteiger partial charge in [-0.25, -0.2) is 0 Å². The maximum Gasteiger partial charge on any atom is 0.270 e.